The molecule has 0 aliphatic heterocycles. The summed E-state index contributed by atoms with van der Waals surface area (Å²) in [5, 5.41) is 2.62. The Hall–Kier alpha value is -2.86. The van der Waals surface area contributed by atoms with E-state index in [0.717, 1.165) is 11.1 Å². The van der Waals surface area contributed by atoms with Gasteiger partial charge in [-0.2, -0.15) is 0 Å². The molecule has 0 aromatic heterocycles. The van der Waals surface area contributed by atoms with Crippen LogP contribution in [-0.4, -0.2) is 24.6 Å². The topological polar surface area (TPSA) is 93.4 Å². The summed E-state index contributed by atoms with van der Waals surface area (Å²) >= 11 is 0. The average Bonchev–Trinajstić information content (AvgIpc) is 2.99. The van der Waals surface area contributed by atoms with Crippen molar-refractivity contribution in [1.29, 1.82) is 0 Å². The van der Waals surface area contributed by atoms with Gasteiger partial charge in [-0.3, -0.25) is 10.2 Å². The molecular formula is C21H25N3O3. The number of rotatable bonds is 6. The zero-order chi connectivity index (χ0) is 19.4. The zero-order valence-electron chi connectivity index (χ0n) is 15.6. The van der Waals surface area contributed by atoms with E-state index in [2.05, 4.69) is 35.0 Å². The molecule has 1 atom stereocenters. The Bertz CT molecular complexity index is 789. The van der Waals surface area contributed by atoms with E-state index in [1.807, 2.05) is 38.1 Å². The maximum atomic E-state index is 12.3. The second-order valence-electron chi connectivity index (χ2n) is 7.16. The van der Waals surface area contributed by atoms with Crippen molar-refractivity contribution in [3.8, 4) is 11.1 Å². The van der Waals surface area contributed by atoms with E-state index in [1.165, 1.54) is 11.1 Å². The molecule has 2 aromatic rings. The van der Waals surface area contributed by atoms with Gasteiger partial charge in [-0.1, -0.05) is 62.4 Å². The summed E-state index contributed by atoms with van der Waals surface area (Å²) in [5.41, 5.74) is 6.71. The molecule has 0 saturated heterocycles. The molecule has 4 N–H and O–H groups in total. The number of benzene rings is 2. The van der Waals surface area contributed by atoms with Crippen LogP contribution in [0.5, 0.6) is 0 Å². The lowest BCUT2D eigenvalue weighted by atomic mass is 9.98. The SMILES string of the molecule is CC(C)C[C@H](NC(=O)OCC1c2ccccc2-c2ccccc21)C(=O)NN. The molecule has 0 bridgehead atoms. The Morgan fingerprint density at radius 2 is 1.59 bits per heavy atom. The van der Waals surface area contributed by atoms with Gasteiger partial charge in [-0.25, -0.2) is 10.6 Å². The third kappa shape index (κ3) is 4.11. The van der Waals surface area contributed by atoms with Crippen molar-refractivity contribution >= 4 is 12.0 Å². The second kappa shape index (κ2) is 8.22. The van der Waals surface area contributed by atoms with Gasteiger partial charge in [-0.05, 0) is 34.6 Å². The highest BCUT2D eigenvalue weighted by Gasteiger charge is 2.29. The summed E-state index contributed by atoms with van der Waals surface area (Å²) in [5.74, 6) is 4.98. The van der Waals surface area contributed by atoms with Crippen LogP contribution >= 0.6 is 0 Å². The van der Waals surface area contributed by atoms with Gasteiger partial charge >= 0.3 is 6.09 Å². The fraction of sp³-hybridized carbons (Fsp3) is 0.333. The number of carbonyl (C=O) groups excluding carboxylic acids is 2. The first-order valence-electron chi connectivity index (χ1n) is 9.13. The van der Waals surface area contributed by atoms with E-state index in [-0.39, 0.29) is 18.4 Å². The minimum absolute atomic E-state index is 0.0185. The summed E-state index contributed by atoms with van der Waals surface area (Å²) in [7, 11) is 0. The maximum absolute atomic E-state index is 12.3. The molecule has 142 valence electrons. The lowest BCUT2D eigenvalue weighted by molar-refractivity contribution is -0.123. The van der Waals surface area contributed by atoms with E-state index >= 15 is 0 Å². The van der Waals surface area contributed by atoms with Crippen LogP contribution in [0, 0.1) is 5.92 Å². The van der Waals surface area contributed by atoms with Crippen LogP contribution in [0.4, 0.5) is 4.79 Å². The lowest BCUT2D eigenvalue weighted by Gasteiger charge is -2.20. The number of nitrogens with one attached hydrogen (secondary N) is 2. The van der Waals surface area contributed by atoms with Crippen LogP contribution in [0.25, 0.3) is 11.1 Å². The number of hydrazine groups is 1. The van der Waals surface area contributed by atoms with E-state index in [9.17, 15) is 9.59 Å². The molecule has 0 fully saturated rings. The van der Waals surface area contributed by atoms with Gasteiger partial charge in [0, 0.05) is 5.92 Å². The van der Waals surface area contributed by atoms with Gasteiger partial charge in [0.1, 0.15) is 12.6 Å². The zero-order valence-corrected chi connectivity index (χ0v) is 15.6. The molecule has 1 aliphatic rings. The Morgan fingerprint density at radius 3 is 2.11 bits per heavy atom. The Balaban J connectivity index is 1.69. The van der Waals surface area contributed by atoms with Gasteiger partial charge in [0.2, 0.25) is 0 Å². The number of hydrogen-bond acceptors (Lipinski definition) is 4. The quantitative estimate of drug-likeness (QED) is 0.416. The van der Waals surface area contributed by atoms with Crippen molar-refractivity contribution in [1.82, 2.24) is 10.7 Å². The molecule has 27 heavy (non-hydrogen) atoms. The minimum Gasteiger partial charge on any atom is -0.449 e. The van der Waals surface area contributed by atoms with Crippen LogP contribution in [-0.2, 0) is 9.53 Å². The average molecular weight is 367 g/mol. The van der Waals surface area contributed by atoms with Crippen LogP contribution < -0.4 is 16.6 Å². The molecule has 2 aromatic carbocycles. The number of amides is 2. The molecule has 0 saturated carbocycles. The lowest BCUT2D eigenvalue weighted by Crippen LogP contribution is -2.49. The molecular weight excluding hydrogens is 342 g/mol. The van der Waals surface area contributed by atoms with Crippen molar-refractivity contribution < 1.29 is 14.3 Å². The predicted octanol–water partition coefficient (Wildman–Crippen LogP) is 2.93. The van der Waals surface area contributed by atoms with Crippen LogP contribution in [0.15, 0.2) is 48.5 Å². The molecule has 0 spiro atoms. The summed E-state index contributed by atoms with van der Waals surface area (Å²) < 4.78 is 5.48. The van der Waals surface area contributed by atoms with E-state index < -0.39 is 18.0 Å². The number of hydrogen-bond donors (Lipinski definition) is 3. The molecule has 2 amide bonds. The normalized spacial score (nSPS) is 13.6. The Labute approximate surface area is 159 Å². The van der Waals surface area contributed by atoms with Crippen molar-refractivity contribution in [3.05, 3.63) is 59.7 Å². The Kier molecular flexibility index (Phi) is 5.76. The van der Waals surface area contributed by atoms with Crippen molar-refractivity contribution in [2.45, 2.75) is 32.2 Å². The molecule has 3 rings (SSSR count). The van der Waals surface area contributed by atoms with Gasteiger partial charge in [-0.15, -0.1) is 0 Å². The third-order valence-electron chi connectivity index (χ3n) is 4.80. The number of fused-ring (bicyclic) bond motifs is 3. The number of nitrogens with two attached hydrogens (primary N) is 1. The van der Waals surface area contributed by atoms with Crippen molar-refractivity contribution in [2.24, 2.45) is 11.8 Å². The monoisotopic (exact) mass is 367 g/mol. The molecule has 1 aliphatic carbocycles. The largest absolute Gasteiger partial charge is 0.449 e. The molecule has 0 unspecified atom stereocenters. The van der Waals surface area contributed by atoms with E-state index in [0.29, 0.717) is 6.42 Å². The van der Waals surface area contributed by atoms with Crippen molar-refractivity contribution in [3.63, 3.8) is 0 Å². The molecule has 0 heterocycles. The van der Waals surface area contributed by atoms with E-state index in [4.69, 9.17) is 10.6 Å². The first kappa shape index (κ1) is 18.9. The van der Waals surface area contributed by atoms with Gasteiger partial charge < -0.3 is 10.1 Å². The first-order valence-corrected chi connectivity index (χ1v) is 9.13. The number of carbonyl (C=O) groups is 2. The standard InChI is InChI=1S/C21H25N3O3/c1-13(2)11-19(20(25)24-22)23-21(26)27-12-18-16-9-5-3-7-14(16)15-8-4-6-10-17(15)18/h3-10,13,18-19H,11-12,22H2,1-2H3,(H,23,26)(H,24,25)/t19-/m0/s1. The minimum atomic E-state index is -0.717. The van der Waals surface area contributed by atoms with Gasteiger partial charge in [0.05, 0.1) is 0 Å². The fourth-order valence-electron chi connectivity index (χ4n) is 3.59. The third-order valence-corrected chi connectivity index (χ3v) is 4.80. The second-order valence-corrected chi connectivity index (χ2v) is 7.16. The number of alkyl carbamates (subject to hydrolysis) is 1. The molecule has 6 nitrogen and oxygen atoms in total. The smallest absolute Gasteiger partial charge is 0.407 e. The van der Waals surface area contributed by atoms with Crippen LogP contribution in [0.2, 0.25) is 0 Å². The number of ether oxygens (including phenoxy) is 1. The van der Waals surface area contributed by atoms with E-state index in [1.54, 1.807) is 0 Å². The molecule has 6 heteroatoms. The van der Waals surface area contributed by atoms with Gasteiger partial charge in [0.25, 0.3) is 5.91 Å². The highest BCUT2D eigenvalue weighted by Crippen LogP contribution is 2.44. The summed E-state index contributed by atoms with van der Waals surface area (Å²) in [4.78, 5) is 24.1. The summed E-state index contributed by atoms with van der Waals surface area (Å²) in [6.45, 7) is 4.14. The Morgan fingerprint density at radius 1 is 1.04 bits per heavy atom. The highest BCUT2D eigenvalue weighted by molar-refractivity contribution is 5.85. The van der Waals surface area contributed by atoms with Crippen LogP contribution in [0.3, 0.4) is 0 Å². The van der Waals surface area contributed by atoms with Crippen LogP contribution in [0.1, 0.15) is 37.3 Å². The summed E-state index contributed by atoms with van der Waals surface area (Å²) in [6, 6.07) is 15.6. The van der Waals surface area contributed by atoms with Crippen molar-refractivity contribution in [2.75, 3.05) is 6.61 Å². The fourth-order valence-corrected chi connectivity index (χ4v) is 3.59. The van der Waals surface area contributed by atoms with Gasteiger partial charge in [0.15, 0.2) is 0 Å². The first-order chi connectivity index (χ1) is 13.0. The predicted molar refractivity (Wildman–Crippen MR) is 104 cm³/mol. The maximum Gasteiger partial charge on any atom is 0.407 e. The summed E-state index contributed by atoms with van der Waals surface area (Å²) in [6.07, 6.45) is -0.140. The molecule has 0 radical (unpaired) electrons. The highest BCUT2D eigenvalue weighted by atomic mass is 16.5.